The van der Waals surface area contributed by atoms with Crippen LogP contribution in [0, 0.1) is 5.82 Å². The molecule has 2 amide bonds. The van der Waals surface area contributed by atoms with E-state index in [1.54, 1.807) is 12.3 Å². The summed E-state index contributed by atoms with van der Waals surface area (Å²) in [5.74, 6) is -0.560. The van der Waals surface area contributed by atoms with Gasteiger partial charge in [0.15, 0.2) is 0 Å². The fraction of sp³-hybridized carbons (Fsp3) is 0.333. The van der Waals surface area contributed by atoms with Crippen LogP contribution in [0.4, 0.5) is 21.6 Å². The number of benzene rings is 1. The van der Waals surface area contributed by atoms with Crippen LogP contribution in [0.25, 0.3) is 0 Å². The fourth-order valence-corrected chi connectivity index (χ4v) is 3.67. The Morgan fingerprint density at radius 1 is 1.07 bits per heavy atom. The Balaban J connectivity index is 1.46. The third-order valence-electron chi connectivity index (χ3n) is 5.28. The third-order valence-corrected chi connectivity index (χ3v) is 5.28. The molecule has 1 saturated heterocycles. The zero-order chi connectivity index (χ0) is 21.1. The third kappa shape index (κ3) is 4.24. The second kappa shape index (κ2) is 8.48. The van der Waals surface area contributed by atoms with Crippen LogP contribution in [0.3, 0.4) is 0 Å². The Kier molecular flexibility index (Phi) is 5.60. The lowest BCUT2D eigenvalue weighted by Gasteiger charge is -2.27. The lowest BCUT2D eigenvalue weighted by Crippen LogP contribution is -2.39. The zero-order valence-corrected chi connectivity index (χ0v) is 16.4. The molecular weight excluding hydrogens is 387 g/mol. The van der Waals surface area contributed by atoms with Gasteiger partial charge in [0.05, 0.1) is 17.6 Å². The number of hydrogen-bond donors (Lipinski definition) is 2. The minimum absolute atomic E-state index is 0.0673. The largest absolute Gasteiger partial charge is 0.368 e. The van der Waals surface area contributed by atoms with Crippen molar-refractivity contribution in [2.24, 2.45) is 10.8 Å². The molecule has 0 unspecified atom stereocenters. The van der Waals surface area contributed by atoms with Gasteiger partial charge in [0, 0.05) is 19.5 Å². The normalized spacial score (nSPS) is 18.8. The number of nitrogens with one attached hydrogen (secondary N) is 1. The summed E-state index contributed by atoms with van der Waals surface area (Å²) in [4.78, 5) is 31.2. The molecule has 0 bridgehead atoms. The summed E-state index contributed by atoms with van der Waals surface area (Å²) in [6, 6.07) is 8.36. The predicted molar refractivity (Wildman–Crippen MR) is 113 cm³/mol. The van der Waals surface area contributed by atoms with Gasteiger partial charge in [0.2, 0.25) is 5.91 Å². The summed E-state index contributed by atoms with van der Waals surface area (Å²) in [5.41, 5.74) is 6.68. The number of anilines is 3. The van der Waals surface area contributed by atoms with Crippen LogP contribution in [0.5, 0.6) is 0 Å². The highest BCUT2D eigenvalue weighted by Gasteiger charge is 2.35. The van der Waals surface area contributed by atoms with Crippen LogP contribution in [0.15, 0.2) is 47.7 Å². The van der Waals surface area contributed by atoms with Gasteiger partial charge in [0.25, 0.3) is 5.91 Å². The van der Waals surface area contributed by atoms with Gasteiger partial charge in [-0.15, -0.1) is 0 Å². The van der Waals surface area contributed by atoms with Crippen molar-refractivity contribution >= 4 is 34.7 Å². The first kappa shape index (κ1) is 19.8. The molecular formula is C21H23FN6O2. The smallest absolute Gasteiger partial charge is 0.272 e. The van der Waals surface area contributed by atoms with Crippen molar-refractivity contribution in [3.8, 4) is 0 Å². The Morgan fingerprint density at radius 3 is 2.43 bits per heavy atom. The second-order valence-corrected chi connectivity index (χ2v) is 7.40. The van der Waals surface area contributed by atoms with E-state index < -0.39 is 23.7 Å². The molecule has 1 atom stereocenters. The Morgan fingerprint density at radius 2 is 1.80 bits per heavy atom. The molecule has 2 aliphatic rings. The van der Waals surface area contributed by atoms with Gasteiger partial charge in [-0.1, -0.05) is 0 Å². The van der Waals surface area contributed by atoms with E-state index in [1.807, 2.05) is 6.07 Å². The first-order valence-electron chi connectivity index (χ1n) is 9.95. The van der Waals surface area contributed by atoms with Crippen LogP contribution >= 0.6 is 0 Å². The van der Waals surface area contributed by atoms with Crippen LogP contribution < -0.4 is 21.0 Å². The molecule has 0 aliphatic carbocycles. The molecule has 0 saturated carbocycles. The lowest BCUT2D eigenvalue weighted by atomic mass is 10.1. The number of hydrogen-bond acceptors (Lipinski definition) is 6. The van der Waals surface area contributed by atoms with Crippen LogP contribution in [-0.2, 0) is 9.59 Å². The molecule has 2 aliphatic heterocycles. The van der Waals surface area contributed by atoms with Crippen molar-refractivity contribution in [1.82, 2.24) is 4.98 Å². The van der Waals surface area contributed by atoms with E-state index in [2.05, 4.69) is 20.3 Å². The lowest BCUT2D eigenvalue weighted by molar-refractivity contribution is -0.119. The van der Waals surface area contributed by atoms with Gasteiger partial charge in [-0.25, -0.2) is 9.37 Å². The minimum atomic E-state index is -0.809. The number of pyridine rings is 1. The number of aromatic nitrogens is 1. The summed E-state index contributed by atoms with van der Waals surface area (Å²) >= 11 is 0. The van der Waals surface area contributed by atoms with E-state index in [0.29, 0.717) is 11.4 Å². The monoisotopic (exact) mass is 410 g/mol. The number of halogens is 1. The maximum absolute atomic E-state index is 13.2. The summed E-state index contributed by atoms with van der Waals surface area (Å²) < 4.78 is 13.2. The van der Waals surface area contributed by atoms with Gasteiger partial charge in [-0.3, -0.25) is 14.6 Å². The van der Waals surface area contributed by atoms with Gasteiger partial charge in [-0.05, 0) is 55.7 Å². The van der Waals surface area contributed by atoms with Crippen molar-refractivity contribution in [3.05, 3.63) is 48.4 Å². The molecule has 4 rings (SSSR count). The average Bonchev–Trinajstić information content (AvgIpc) is 3.21. The molecule has 156 valence electrons. The Labute approximate surface area is 173 Å². The zero-order valence-electron chi connectivity index (χ0n) is 16.4. The van der Waals surface area contributed by atoms with E-state index in [1.165, 1.54) is 35.7 Å². The molecule has 1 fully saturated rings. The van der Waals surface area contributed by atoms with Crippen LogP contribution in [0.1, 0.15) is 25.7 Å². The number of carbonyl (C=O) groups excluding carboxylic acids is 2. The molecule has 9 heteroatoms. The number of piperidine rings is 1. The minimum Gasteiger partial charge on any atom is -0.368 e. The highest BCUT2D eigenvalue weighted by molar-refractivity contribution is 6.44. The SMILES string of the molecule is NC(=O)[C@@H]1CC(C(=O)Nc2ccc(N3CCCCC3)nc2)=NN1c1ccc(F)cc1. The van der Waals surface area contributed by atoms with E-state index in [-0.39, 0.29) is 12.1 Å². The van der Waals surface area contributed by atoms with Gasteiger partial charge in [-0.2, -0.15) is 5.10 Å². The van der Waals surface area contributed by atoms with Crippen molar-refractivity contribution in [3.63, 3.8) is 0 Å². The Bertz CT molecular complexity index is 954. The molecule has 30 heavy (non-hydrogen) atoms. The fourth-order valence-electron chi connectivity index (χ4n) is 3.67. The molecule has 1 aromatic carbocycles. The maximum atomic E-state index is 13.2. The first-order valence-corrected chi connectivity index (χ1v) is 9.95. The summed E-state index contributed by atoms with van der Waals surface area (Å²) in [7, 11) is 0. The first-order chi connectivity index (χ1) is 14.5. The topological polar surface area (TPSA) is 104 Å². The second-order valence-electron chi connectivity index (χ2n) is 7.40. The number of hydrazone groups is 1. The van der Waals surface area contributed by atoms with Gasteiger partial charge < -0.3 is 16.0 Å². The predicted octanol–water partition coefficient (Wildman–Crippen LogP) is 2.27. The summed E-state index contributed by atoms with van der Waals surface area (Å²) in [5, 5.41) is 8.38. The number of amides is 2. The molecule has 0 radical (unpaired) electrons. The van der Waals surface area contributed by atoms with E-state index in [4.69, 9.17) is 5.73 Å². The van der Waals surface area contributed by atoms with Crippen molar-refractivity contribution in [2.75, 3.05) is 28.3 Å². The highest BCUT2D eigenvalue weighted by Crippen LogP contribution is 2.25. The van der Waals surface area contributed by atoms with Crippen molar-refractivity contribution in [1.29, 1.82) is 0 Å². The van der Waals surface area contributed by atoms with Gasteiger partial charge in [0.1, 0.15) is 23.4 Å². The molecule has 3 N–H and O–H groups in total. The quantitative estimate of drug-likeness (QED) is 0.787. The molecule has 0 spiro atoms. The summed E-state index contributed by atoms with van der Waals surface area (Å²) in [6.07, 6.45) is 5.24. The number of rotatable bonds is 5. The standard InChI is InChI=1S/C21H23FN6O2/c22-14-4-7-16(8-5-14)28-18(20(23)29)12-17(26-28)21(30)25-15-6-9-19(24-13-15)27-10-2-1-3-11-27/h4-9,13,18H,1-3,10-12H2,(H2,23,29)(H,25,30)/t18-/m0/s1. The van der Waals surface area contributed by atoms with Crippen molar-refractivity contribution in [2.45, 2.75) is 31.7 Å². The Hall–Kier alpha value is -3.49. The molecule has 8 nitrogen and oxygen atoms in total. The molecule has 2 aromatic rings. The summed E-state index contributed by atoms with van der Waals surface area (Å²) in [6.45, 7) is 1.98. The average molecular weight is 410 g/mol. The van der Waals surface area contributed by atoms with E-state index in [9.17, 15) is 14.0 Å². The maximum Gasteiger partial charge on any atom is 0.272 e. The number of primary amides is 1. The highest BCUT2D eigenvalue weighted by atomic mass is 19.1. The number of carbonyl (C=O) groups is 2. The van der Waals surface area contributed by atoms with Crippen LogP contribution in [0.2, 0.25) is 0 Å². The van der Waals surface area contributed by atoms with Crippen LogP contribution in [-0.4, -0.2) is 41.6 Å². The molecule has 1 aromatic heterocycles. The number of nitrogens with two attached hydrogens (primary N) is 1. The number of nitrogens with zero attached hydrogens (tertiary/aromatic N) is 4. The molecule has 3 heterocycles. The van der Waals surface area contributed by atoms with Gasteiger partial charge >= 0.3 is 0 Å². The van der Waals surface area contributed by atoms with Crippen molar-refractivity contribution < 1.29 is 14.0 Å². The van der Waals surface area contributed by atoms with E-state index >= 15 is 0 Å². The van der Waals surface area contributed by atoms with E-state index in [0.717, 1.165) is 31.7 Å².